The van der Waals surface area contributed by atoms with Gasteiger partial charge in [0.15, 0.2) is 0 Å². The van der Waals surface area contributed by atoms with E-state index >= 15 is 0 Å². The minimum atomic E-state index is 0.0995. The van der Waals surface area contributed by atoms with Crippen LogP contribution in [0.5, 0.6) is 0 Å². The van der Waals surface area contributed by atoms with Gasteiger partial charge in [-0.3, -0.25) is 0 Å². The molecule has 7 aromatic carbocycles. The van der Waals surface area contributed by atoms with Gasteiger partial charge in [-0.15, -0.1) is 11.3 Å². The molecular weight excluding hydrogens is 653 g/mol. The Labute approximate surface area is 303 Å². The Morgan fingerprint density at radius 2 is 1.37 bits per heavy atom. The molecule has 0 spiro atoms. The first kappa shape index (κ1) is 28.3. The summed E-state index contributed by atoms with van der Waals surface area (Å²) in [5.41, 5.74) is 13.0. The fraction of sp³-hybridized carbons (Fsp3) is 0.0417. The van der Waals surface area contributed by atoms with E-state index in [1.807, 2.05) is 11.3 Å². The van der Waals surface area contributed by atoms with Crippen LogP contribution in [-0.4, -0.2) is 4.57 Å². The van der Waals surface area contributed by atoms with Gasteiger partial charge in [-0.25, -0.2) is 0 Å². The van der Waals surface area contributed by atoms with Crippen molar-refractivity contribution in [3.05, 3.63) is 181 Å². The summed E-state index contributed by atoms with van der Waals surface area (Å²) in [7, 11) is 0. The number of furan rings is 1. The molecule has 0 saturated heterocycles. The Morgan fingerprint density at radius 3 is 2.31 bits per heavy atom. The Kier molecular flexibility index (Phi) is 5.77. The molecule has 0 radical (unpaired) electrons. The van der Waals surface area contributed by atoms with Crippen molar-refractivity contribution < 1.29 is 4.42 Å². The van der Waals surface area contributed by atoms with Crippen LogP contribution < -0.4 is 4.90 Å². The first-order chi connectivity index (χ1) is 25.8. The Morgan fingerprint density at radius 1 is 0.558 bits per heavy atom. The number of nitrogens with zero attached hydrogens (tertiary/aromatic N) is 2. The lowest BCUT2D eigenvalue weighted by atomic mass is 9.86. The number of anilines is 2. The molecule has 52 heavy (non-hydrogen) atoms. The molecule has 2 atom stereocenters. The van der Waals surface area contributed by atoms with Crippen molar-refractivity contribution in [3.63, 3.8) is 0 Å². The highest BCUT2D eigenvalue weighted by Crippen LogP contribution is 2.57. The Hall–Kier alpha value is -6.36. The number of aromatic nitrogens is 1. The molecule has 0 amide bonds. The van der Waals surface area contributed by atoms with Crippen molar-refractivity contribution in [2.24, 2.45) is 0 Å². The molecule has 3 aromatic heterocycles. The van der Waals surface area contributed by atoms with Crippen LogP contribution in [0.2, 0.25) is 0 Å². The lowest BCUT2D eigenvalue weighted by molar-refractivity contribution is 0.636. The molecular formula is C48H30N2OS. The molecule has 4 heteroatoms. The average molecular weight is 683 g/mol. The highest BCUT2D eigenvalue weighted by molar-refractivity contribution is 7.25. The average Bonchev–Trinajstić information content (AvgIpc) is 3.95. The maximum Gasteiger partial charge on any atom is 0.136 e. The molecule has 0 saturated carbocycles. The van der Waals surface area contributed by atoms with Gasteiger partial charge in [-0.1, -0.05) is 103 Å². The van der Waals surface area contributed by atoms with Gasteiger partial charge in [0.25, 0.3) is 0 Å². The topological polar surface area (TPSA) is 21.3 Å². The molecule has 0 bridgehead atoms. The van der Waals surface area contributed by atoms with Crippen LogP contribution in [0.4, 0.5) is 11.4 Å². The van der Waals surface area contributed by atoms with Gasteiger partial charge in [0.1, 0.15) is 11.2 Å². The van der Waals surface area contributed by atoms with Gasteiger partial charge in [-0.05, 0) is 83.4 Å². The highest BCUT2D eigenvalue weighted by Gasteiger charge is 2.44. The minimum absolute atomic E-state index is 0.0995. The fourth-order valence-corrected chi connectivity index (χ4v) is 10.3. The maximum absolute atomic E-state index is 6.63. The zero-order valence-electron chi connectivity index (χ0n) is 28.0. The lowest BCUT2D eigenvalue weighted by Gasteiger charge is -2.33. The van der Waals surface area contributed by atoms with E-state index in [0.29, 0.717) is 0 Å². The quantitative estimate of drug-likeness (QED) is 0.185. The number of thiophene rings is 1. The van der Waals surface area contributed by atoms with Gasteiger partial charge in [0, 0.05) is 64.9 Å². The number of fused-ring (bicyclic) bond motifs is 13. The first-order valence-corrected chi connectivity index (χ1v) is 18.7. The van der Waals surface area contributed by atoms with E-state index in [1.165, 1.54) is 70.4 Å². The molecule has 244 valence electrons. The largest absolute Gasteiger partial charge is 0.456 e. The van der Waals surface area contributed by atoms with Gasteiger partial charge in [0.2, 0.25) is 0 Å². The summed E-state index contributed by atoms with van der Waals surface area (Å²) < 4.78 is 11.8. The number of para-hydroxylation sites is 3. The van der Waals surface area contributed by atoms with Crippen LogP contribution in [0.15, 0.2) is 168 Å². The second-order valence-corrected chi connectivity index (χ2v) is 15.1. The van der Waals surface area contributed by atoms with Crippen molar-refractivity contribution in [1.82, 2.24) is 4.57 Å². The lowest BCUT2D eigenvalue weighted by Crippen LogP contribution is -2.26. The van der Waals surface area contributed by atoms with E-state index in [2.05, 4.69) is 179 Å². The van der Waals surface area contributed by atoms with Gasteiger partial charge < -0.3 is 13.9 Å². The second kappa shape index (κ2) is 10.6. The summed E-state index contributed by atoms with van der Waals surface area (Å²) in [6, 6.07) is 57.6. The van der Waals surface area contributed by atoms with E-state index in [0.717, 1.165) is 27.6 Å². The van der Waals surface area contributed by atoms with Gasteiger partial charge in [-0.2, -0.15) is 0 Å². The van der Waals surface area contributed by atoms with Crippen LogP contribution in [0.25, 0.3) is 75.9 Å². The van der Waals surface area contributed by atoms with Crippen molar-refractivity contribution in [2.75, 3.05) is 4.90 Å². The molecule has 2 unspecified atom stereocenters. The van der Waals surface area contributed by atoms with Crippen LogP contribution in [-0.2, 0) is 0 Å². The smallest absolute Gasteiger partial charge is 0.136 e. The molecule has 0 fully saturated rings. The summed E-state index contributed by atoms with van der Waals surface area (Å²) in [5.74, 6) is 0.230. The zero-order chi connectivity index (χ0) is 33.9. The molecule has 12 rings (SSSR count). The van der Waals surface area contributed by atoms with E-state index in [1.54, 1.807) is 0 Å². The molecule has 2 aliphatic rings. The third-order valence-corrected chi connectivity index (χ3v) is 12.5. The van der Waals surface area contributed by atoms with Crippen LogP contribution in [0.3, 0.4) is 0 Å². The molecule has 0 N–H and O–H groups in total. The SMILES string of the molecule is C1=CC2c3ccccc3N(c3ccccc3)C2c2c1c1ccccc1n2-c1ccc2oc3cc(-c4cccc5sc6ccccc6c45)ccc3c2c1. The number of hydrogen-bond donors (Lipinski definition) is 0. The standard InChI is InChI=1S/C48H30N2OS/c1-2-11-30(12-3-1)49-40-17-7-4-13-33(40)36-24-25-37-34-14-5-8-18-41(34)50(48(37)47(36)49)31-22-26-42-39(28-31)35-23-21-29(27-43(35)51-42)32-16-10-20-45-46(32)38-15-6-9-19-44(38)52-45/h1-28,36,47H. The number of hydrogen-bond acceptors (Lipinski definition) is 3. The van der Waals surface area contributed by atoms with E-state index in [9.17, 15) is 0 Å². The summed E-state index contributed by atoms with van der Waals surface area (Å²) in [6.07, 6.45) is 4.79. The van der Waals surface area contributed by atoms with Crippen molar-refractivity contribution >= 4 is 81.8 Å². The first-order valence-electron chi connectivity index (χ1n) is 17.9. The summed E-state index contributed by atoms with van der Waals surface area (Å²) in [4.78, 5) is 2.56. The van der Waals surface area contributed by atoms with Crippen molar-refractivity contribution in [3.8, 4) is 16.8 Å². The second-order valence-electron chi connectivity index (χ2n) is 14.0. The van der Waals surface area contributed by atoms with E-state index < -0.39 is 0 Å². The Bertz CT molecular complexity index is 3110. The minimum Gasteiger partial charge on any atom is -0.456 e. The molecule has 3 nitrogen and oxygen atoms in total. The molecule has 1 aliphatic heterocycles. The molecule has 4 heterocycles. The highest BCUT2D eigenvalue weighted by atomic mass is 32.1. The molecule has 10 aromatic rings. The van der Waals surface area contributed by atoms with Crippen LogP contribution >= 0.6 is 11.3 Å². The maximum atomic E-state index is 6.63. The number of rotatable bonds is 3. The normalized spacial score (nSPS) is 16.3. The van der Waals surface area contributed by atoms with E-state index in [-0.39, 0.29) is 12.0 Å². The monoisotopic (exact) mass is 682 g/mol. The summed E-state index contributed by atoms with van der Waals surface area (Å²) in [5, 5.41) is 6.15. The van der Waals surface area contributed by atoms with Crippen molar-refractivity contribution in [2.45, 2.75) is 12.0 Å². The summed E-state index contributed by atoms with van der Waals surface area (Å²) >= 11 is 1.86. The fourth-order valence-electron chi connectivity index (χ4n) is 9.18. The predicted octanol–water partition coefficient (Wildman–Crippen LogP) is 13.6. The van der Waals surface area contributed by atoms with Gasteiger partial charge >= 0.3 is 0 Å². The van der Waals surface area contributed by atoms with E-state index in [4.69, 9.17) is 4.42 Å². The predicted molar refractivity (Wildman–Crippen MR) is 218 cm³/mol. The third kappa shape index (κ3) is 3.85. The Balaban J connectivity index is 1.06. The third-order valence-electron chi connectivity index (χ3n) is 11.3. The van der Waals surface area contributed by atoms with Crippen LogP contribution in [0, 0.1) is 0 Å². The number of benzene rings is 7. The van der Waals surface area contributed by atoms with Crippen molar-refractivity contribution in [1.29, 1.82) is 0 Å². The molecule has 1 aliphatic carbocycles. The zero-order valence-corrected chi connectivity index (χ0v) is 28.8. The van der Waals surface area contributed by atoms with Crippen LogP contribution in [0.1, 0.15) is 28.8 Å². The summed E-state index contributed by atoms with van der Waals surface area (Å²) in [6.45, 7) is 0. The van der Waals surface area contributed by atoms with Gasteiger partial charge in [0.05, 0.1) is 17.3 Å².